The predicted octanol–water partition coefficient (Wildman–Crippen LogP) is 0.381. The number of ether oxygens (including phenoxy) is 3. The molecule has 2 rings (SSSR count). The van der Waals surface area contributed by atoms with Crippen LogP contribution in [0, 0.1) is 5.41 Å². The molecule has 0 unspecified atom stereocenters. The molecule has 25 heavy (non-hydrogen) atoms. The summed E-state index contributed by atoms with van der Waals surface area (Å²) < 4.78 is 16.7. The van der Waals surface area contributed by atoms with Crippen LogP contribution < -0.4 is 11.2 Å². The fourth-order valence-corrected chi connectivity index (χ4v) is 1.96. The lowest BCUT2D eigenvalue weighted by Gasteiger charge is -2.19. The molecule has 10 nitrogen and oxygen atoms in total. The van der Waals surface area contributed by atoms with E-state index in [9.17, 15) is 14.7 Å². The van der Waals surface area contributed by atoms with Crippen molar-refractivity contribution in [2.75, 3.05) is 18.9 Å². The van der Waals surface area contributed by atoms with E-state index in [4.69, 9.17) is 19.4 Å². The molecule has 1 aliphatic heterocycles. The van der Waals surface area contributed by atoms with Crippen LogP contribution >= 0.6 is 0 Å². The van der Waals surface area contributed by atoms with Gasteiger partial charge in [-0.25, -0.2) is 4.79 Å². The number of aromatic nitrogens is 2. The van der Waals surface area contributed by atoms with Gasteiger partial charge in [-0.05, 0) is 32.9 Å². The van der Waals surface area contributed by atoms with Crippen LogP contribution in [-0.4, -0.2) is 45.3 Å². The monoisotopic (exact) mass is 355 g/mol. The number of aliphatic hydroxyl groups is 1. The third kappa shape index (κ3) is 4.78. The zero-order chi connectivity index (χ0) is 18.6. The summed E-state index contributed by atoms with van der Waals surface area (Å²) in [5.41, 5.74) is 0.419. The predicted molar refractivity (Wildman–Crippen MR) is 84.5 cm³/mol. The van der Waals surface area contributed by atoms with Gasteiger partial charge < -0.3 is 19.3 Å². The Morgan fingerprint density at radius 1 is 1.48 bits per heavy atom. The summed E-state index contributed by atoms with van der Waals surface area (Å²) in [5, 5.41) is 18.7. The van der Waals surface area contributed by atoms with Crippen molar-refractivity contribution in [3.63, 3.8) is 0 Å². The van der Waals surface area contributed by atoms with Crippen molar-refractivity contribution in [2.45, 2.75) is 33.1 Å². The van der Waals surface area contributed by atoms with Crippen molar-refractivity contribution in [3.8, 4) is 0 Å². The van der Waals surface area contributed by atoms with E-state index in [2.05, 4.69) is 4.98 Å². The van der Waals surface area contributed by atoms with Crippen LogP contribution in [0.3, 0.4) is 0 Å². The molecule has 0 amide bonds. The van der Waals surface area contributed by atoms with Crippen LogP contribution in [0.4, 0.5) is 5.82 Å². The second-order valence-corrected chi connectivity index (χ2v) is 6.39. The minimum atomic E-state index is -1.08. The Morgan fingerprint density at radius 2 is 2.20 bits per heavy atom. The first-order chi connectivity index (χ1) is 11.7. The Bertz CT molecular complexity index is 708. The molecular formula is C15H21N3O7. The topological polar surface area (TPSA) is 132 Å². The lowest BCUT2D eigenvalue weighted by Crippen LogP contribution is -2.32. The van der Waals surface area contributed by atoms with Crippen molar-refractivity contribution in [3.05, 3.63) is 34.6 Å². The zero-order valence-corrected chi connectivity index (χ0v) is 14.1. The van der Waals surface area contributed by atoms with Crippen molar-refractivity contribution in [1.29, 1.82) is 0 Å². The van der Waals surface area contributed by atoms with Crippen LogP contribution in [0.2, 0.25) is 0 Å². The normalized spacial score (nSPS) is 20.0. The van der Waals surface area contributed by atoms with Gasteiger partial charge in [0.2, 0.25) is 6.23 Å². The highest BCUT2D eigenvalue weighted by Gasteiger charge is 2.30. The van der Waals surface area contributed by atoms with Gasteiger partial charge in [-0.3, -0.25) is 20.0 Å². The van der Waals surface area contributed by atoms with Crippen LogP contribution in [0.25, 0.3) is 0 Å². The van der Waals surface area contributed by atoms with E-state index >= 15 is 0 Å². The smallest absolute Gasteiger partial charge is 0.352 e. The summed E-state index contributed by atoms with van der Waals surface area (Å²) >= 11 is 0. The van der Waals surface area contributed by atoms with Gasteiger partial charge in [0.1, 0.15) is 18.5 Å². The van der Waals surface area contributed by atoms with Crippen molar-refractivity contribution in [2.24, 2.45) is 5.41 Å². The van der Waals surface area contributed by atoms with Crippen LogP contribution in [-0.2, 0) is 19.0 Å². The van der Waals surface area contributed by atoms with E-state index in [0.717, 1.165) is 4.57 Å². The number of esters is 1. The Hall–Kier alpha value is -2.43. The van der Waals surface area contributed by atoms with Gasteiger partial charge in [0.15, 0.2) is 12.6 Å². The second kappa shape index (κ2) is 7.64. The lowest BCUT2D eigenvalue weighted by molar-refractivity contribution is -0.165. The summed E-state index contributed by atoms with van der Waals surface area (Å²) in [7, 11) is 0. The van der Waals surface area contributed by atoms with Crippen LogP contribution in [0.5, 0.6) is 0 Å². The average Bonchev–Trinajstić information content (AvgIpc) is 2.90. The van der Waals surface area contributed by atoms with E-state index in [1.807, 2.05) is 0 Å². The third-order valence-corrected chi connectivity index (χ3v) is 3.27. The standard InChI is InChI=1S/C15H21N3O7/c1-15(2,3)13(20)24-8-23-7-9-6-10(19)12(25-9)18-5-4-11(17-22)16-14(18)21/h4-6,10,12,19,22H,7-8H2,1-3H3,(H,16,17,21)/t10-,12-/m1/s1. The second-order valence-electron chi connectivity index (χ2n) is 6.39. The highest BCUT2D eigenvalue weighted by atomic mass is 16.7. The Morgan fingerprint density at radius 3 is 2.80 bits per heavy atom. The largest absolute Gasteiger partial charge is 0.469 e. The molecule has 2 atom stereocenters. The van der Waals surface area contributed by atoms with E-state index in [1.54, 1.807) is 26.3 Å². The zero-order valence-electron chi connectivity index (χ0n) is 14.1. The van der Waals surface area contributed by atoms with Crippen LogP contribution in [0.1, 0.15) is 27.0 Å². The number of anilines is 1. The number of aliphatic hydroxyl groups excluding tert-OH is 1. The molecule has 0 aromatic carbocycles. The van der Waals surface area contributed by atoms with Crippen molar-refractivity contribution < 1.29 is 29.3 Å². The minimum Gasteiger partial charge on any atom is -0.469 e. The number of hydrogen-bond acceptors (Lipinski definition) is 9. The van der Waals surface area contributed by atoms with Gasteiger partial charge in [0.05, 0.1) is 5.41 Å². The maximum absolute atomic E-state index is 11.9. The van der Waals surface area contributed by atoms with E-state index in [1.165, 1.54) is 18.3 Å². The Labute approximate surface area is 143 Å². The van der Waals surface area contributed by atoms with Crippen molar-refractivity contribution >= 4 is 11.8 Å². The van der Waals surface area contributed by atoms with Gasteiger partial charge in [0, 0.05) is 6.20 Å². The molecule has 1 aliphatic rings. The number of hydrogen-bond donors (Lipinski definition) is 3. The maximum atomic E-state index is 11.9. The fourth-order valence-electron chi connectivity index (χ4n) is 1.96. The molecule has 0 radical (unpaired) electrons. The molecule has 0 saturated carbocycles. The first-order valence-corrected chi connectivity index (χ1v) is 7.52. The van der Waals surface area contributed by atoms with Gasteiger partial charge in [0.25, 0.3) is 0 Å². The Balaban J connectivity index is 1.87. The first-order valence-electron chi connectivity index (χ1n) is 7.52. The van der Waals surface area contributed by atoms with Crippen LogP contribution in [0.15, 0.2) is 28.9 Å². The molecule has 138 valence electrons. The summed E-state index contributed by atoms with van der Waals surface area (Å²) in [6.07, 6.45) is 0.637. The average molecular weight is 355 g/mol. The molecule has 0 saturated heterocycles. The Kier molecular flexibility index (Phi) is 5.77. The molecule has 0 bridgehead atoms. The molecule has 1 aromatic heterocycles. The molecule has 0 spiro atoms. The number of carbonyl (C=O) groups is 1. The number of nitrogens with one attached hydrogen (secondary N) is 1. The highest BCUT2D eigenvalue weighted by Crippen LogP contribution is 2.25. The number of rotatable bonds is 6. The molecule has 0 aliphatic carbocycles. The van der Waals surface area contributed by atoms with E-state index in [-0.39, 0.29) is 19.2 Å². The molecule has 1 aromatic rings. The van der Waals surface area contributed by atoms with Gasteiger partial charge in [-0.2, -0.15) is 4.98 Å². The molecule has 10 heteroatoms. The number of nitrogens with zero attached hydrogens (tertiary/aromatic N) is 2. The molecular weight excluding hydrogens is 334 g/mol. The third-order valence-electron chi connectivity index (χ3n) is 3.27. The van der Waals surface area contributed by atoms with Gasteiger partial charge >= 0.3 is 11.7 Å². The SMILES string of the molecule is CC(C)(C)C(=O)OCOCC1=C[C@@H](O)[C@H](n2ccc(NO)nc2=O)O1. The quantitative estimate of drug-likeness (QED) is 0.287. The lowest BCUT2D eigenvalue weighted by atomic mass is 9.98. The van der Waals surface area contributed by atoms with E-state index < -0.39 is 29.4 Å². The summed E-state index contributed by atoms with van der Waals surface area (Å²) in [4.78, 5) is 27.0. The fraction of sp³-hybridized carbons (Fsp3) is 0.533. The molecule has 3 N–H and O–H groups in total. The van der Waals surface area contributed by atoms with Gasteiger partial charge in [-0.1, -0.05) is 0 Å². The van der Waals surface area contributed by atoms with E-state index in [0.29, 0.717) is 5.76 Å². The summed E-state index contributed by atoms with van der Waals surface area (Å²) in [6, 6.07) is 1.35. The van der Waals surface area contributed by atoms with Crippen molar-refractivity contribution in [1.82, 2.24) is 9.55 Å². The van der Waals surface area contributed by atoms with Gasteiger partial charge in [-0.15, -0.1) is 0 Å². The maximum Gasteiger partial charge on any atom is 0.352 e. The summed E-state index contributed by atoms with van der Waals surface area (Å²) in [6.45, 7) is 4.88. The highest BCUT2D eigenvalue weighted by molar-refractivity contribution is 5.75. The minimum absolute atomic E-state index is 0.0223. The summed E-state index contributed by atoms with van der Waals surface area (Å²) in [5.74, 6) is -0.131. The molecule has 2 heterocycles. The molecule has 0 fully saturated rings. The number of carbonyl (C=O) groups excluding carboxylic acids is 1. The first kappa shape index (κ1) is 18.9.